The number of nitrogens with one attached hydrogen (secondary N) is 1. The molecule has 1 N–H and O–H groups in total. The number of carbonyl (C=O) groups excluding carboxylic acids is 1. The summed E-state index contributed by atoms with van der Waals surface area (Å²) in [5.41, 5.74) is 2.72. The molecule has 0 bridgehead atoms. The van der Waals surface area contributed by atoms with Crippen LogP contribution in [0.15, 0.2) is 12.2 Å². The second-order valence-electron chi connectivity index (χ2n) is 2.15. The molecule has 0 aromatic heterocycles. The molecule has 0 aliphatic heterocycles. The molecule has 0 aromatic carbocycles. The Bertz CT molecular complexity index is 139. The van der Waals surface area contributed by atoms with Crippen molar-refractivity contribution in [2.75, 3.05) is 13.1 Å². The molecule has 0 rings (SSSR count). The summed E-state index contributed by atoms with van der Waals surface area (Å²) in [6.07, 6.45) is 3.23. The third-order valence-electron chi connectivity index (χ3n) is 1.35. The molecule has 0 saturated heterocycles. The molecule has 0 unspecified atom stereocenters. The van der Waals surface area contributed by atoms with Crippen LogP contribution in [0.4, 0.5) is 0 Å². The average Bonchev–Trinajstić information content (AvgIpc) is 2.01. The highest BCUT2D eigenvalue weighted by molar-refractivity contribution is 5.86. The van der Waals surface area contributed by atoms with Gasteiger partial charge in [-0.1, -0.05) is 19.9 Å². The van der Waals surface area contributed by atoms with E-state index in [-0.39, 0.29) is 5.91 Å². The van der Waals surface area contributed by atoms with Gasteiger partial charge in [0, 0.05) is 13.1 Å². The lowest BCUT2D eigenvalue weighted by Gasteiger charge is -2.17. The molecule has 64 valence electrons. The van der Waals surface area contributed by atoms with Crippen LogP contribution in [0.25, 0.3) is 0 Å². The molecule has 0 spiro atoms. The summed E-state index contributed by atoms with van der Waals surface area (Å²) in [6.45, 7) is 7.49. The fraction of sp³-hybridized carbons (Fsp3) is 0.625. The fourth-order valence-corrected chi connectivity index (χ4v) is 0.726. The van der Waals surface area contributed by atoms with E-state index in [2.05, 4.69) is 5.43 Å². The highest BCUT2D eigenvalue weighted by Crippen LogP contribution is 1.80. The largest absolute Gasteiger partial charge is 0.285 e. The van der Waals surface area contributed by atoms with Crippen molar-refractivity contribution in [2.45, 2.75) is 20.8 Å². The lowest BCUT2D eigenvalue weighted by atomic mass is 10.5. The molecular formula is C8H16N2O. The van der Waals surface area contributed by atoms with E-state index in [0.717, 1.165) is 13.1 Å². The van der Waals surface area contributed by atoms with Crippen molar-refractivity contribution in [1.29, 1.82) is 0 Å². The predicted octanol–water partition coefficient (Wildman–Crippen LogP) is 0.935. The van der Waals surface area contributed by atoms with E-state index in [1.807, 2.05) is 25.8 Å². The highest BCUT2D eigenvalue weighted by Gasteiger charge is 1.99. The Morgan fingerprint density at radius 1 is 1.45 bits per heavy atom. The van der Waals surface area contributed by atoms with Crippen LogP contribution in [-0.4, -0.2) is 24.0 Å². The van der Waals surface area contributed by atoms with E-state index in [1.54, 1.807) is 6.08 Å². The Kier molecular flexibility index (Phi) is 5.47. The first-order chi connectivity index (χ1) is 5.24. The standard InChI is InChI=1S/C8H16N2O/c1-4-7-8(11)9-10(5-2)6-3/h4,7H,5-6H2,1-3H3,(H,9,11). The SMILES string of the molecule is CC=CC(=O)NN(CC)CC. The quantitative estimate of drug-likeness (QED) is 0.485. The maximum Gasteiger partial charge on any atom is 0.257 e. The zero-order valence-electron chi connectivity index (χ0n) is 7.42. The molecule has 3 nitrogen and oxygen atoms in total. The van der Waals surface area contributed by atoms with Gasteiger partial charge in [-0.3, -0.25) is 10.2 Å². The summed E-state index contributed by atoms with van der Waals surface area (Å²) in [5, 5.41) is 1.85. The number of carbonyl (C=O) groups is 1. The van der Waals surface area contributed by atoms with Gasteiger partial charge in [0.25, 0.3) is 5.91 Å². The average molecular weight is 156 g/mol. The van der Waals surface area contributed by atoms with Crippen molar-refractivity contribution in [3.63, 3.8) is 0 Å². The molecule has 0 heterocycles. The summed E-state index contributed by atoms with van der Waals surface area (Å²) < 4.78 is 0. The van der Waals surface area contributed by atoms with Gasteiger partial charge < -0.3 is 0 Å². The molecule has 0 saturated carbocycles. The van der Waals surface area contributed by atoms with Gasteiger partial charge in [-0.25, -0.2) is 5.01 Å². The van der Waals surface area contributed by atoms with E-state index in [9.17, 15) is 4.79 Å². The Balaban J connectivity index is 3.71. The second-order valence-corrected chi connectivity index (χ2v) is 2.15. The fourth-order valence-electron chi connectivity index (χ4n) is 0.726. The van der Waals surface area contributed by atoms with Crippen LogP contribution in [0.1, 0.15) is 20.8 Å². The van der Waals surface area contributed by atoms with Gasteiger partial charge in [-0.05, 0) is 13.0 Å². The Morgan fingerprint density at radius 3 is 2.36 bits per heavy atom. The molecular weight excluding hydrogens is 140 g/mol. The zero-order chi connectivity index (χ0) is 8.69. The first-order valence-corrected chi connectivity index (χ1v) is 3.92. The molecule has 0 atom stereocenters. The van der Waals surface area contributed by atoms with Crippen LogP contribution in [-0.2, 0) is 4.79 Å². The van der Waals surface area contributed by atoms with Crippen LogP contribution in [0.5, 0.6) is 0 Å². The van der Waals surface area contributed by atoms with Crippen molar-refractivity contribution in [3.8, 4) is 0 Å². The Hall–Kier alpha value is -0.830. The maximum absolute atomic E-state index is 10.9. The van der Waals surface area contributed by atoms with Gasteiger partial charge in [0.2, 0.25) is 0 Å². The first-order valence-electron chi connectivity index (χ1n) is 3.92. The number of hydrazine groups is 1. The van der Waals surface area contributed by atoms with Crippen LogP contribution >= 0.6 is 0 Å². The molecule has 0 aliphatic rings. The lowest BCUT2D eigenvalue weighted by molar-refractivity contribution is -0.120. The summed E-state index contributed by atoms with van der Waals surface area (Å²) in [6, 6.07) is 0. The summed E-state index contributed by atoms with van der Waals surface area (Å²) in [7, 11) is 0. The summed E-state index contributed by atoms with van der Waals surface area (Å²) >= 11 is 0. The topological polar surface area (TPSA) is 32.3 Å². The molecule has 11 heavy (non-hydrogen) atoms. The third-order valence-corrected chi connectivity index (χ3v) is 1.35. The van der Waals surface area contributed by atoms with Crippen LogP contribution in [0.3, 0.4) is 0 Å². The van der Waals surface area contributed by atoms with E-state index >= 15 is 0 Å². The van der Waals surface area contributed by atoms with Crippen molar-refractivity contribution < 1.29 is 4.79 Å². The van der Waals surface area contributed by atoms with Gasteiger partial charge in [-0.15, -0.1) is 0 Å². The molecule has 0 fully saturated rings. The molecule has 0 aromatic rings. The predicted molar refractivity (Wildman–Crippen MR) is 45.9 cm³/mol. The number of hydrogen-bond donors (Lipinski definition) is 1. The normalized spacial score (nSPS) is 10.9. The Labute approximate surface area is 68.0 Å². The van der Waals surface area contributed by atoms with E-state index in [0.29, 0.717) is 0 Å². The number of amides is 1. The summed E-state index contributed by atoms with van der Waals surface area (Å²) in [4.78, 5) is 10.9. The molecule has 1 amide bonds. The van der Waals surface area contributed by atoms with Gasteiger partial charge in [0.05, 0.1) is 0 Å². The Morgan fingerprint density at radius 2 is 2.00 bits per heavy atom. The number of hydrogen-bond acceptors (Lipinski definition) is 2. The third kappa shape index (κ3) is 4.56. The van der Waals surface area contributed by atoms with E-state index in [4.69, 9.17) is 0 Å². The second kappa shape index (κ2) is 5.92. The lowest BCUT2D eigenvalue weighted by Crippen LogP contribution is -2.40. The van der Waals surface area contributed by atoms with Gasteiger partial charge in [0.1, 0.15) is 0 Å². The minimum atomic E-state index is -0.0591. The first kappa shape index (κ1) is 10.2. The van der Waals surface area contributed by atoms with Crippen LogP contribution < -0.4 is 5.43 Å². The van der Waals surface area contributed by atoms with Crippen molar-refractivity contribution in [2.24, 2.45) is 0 Å². The van der Waals surface area contributed by atoms with Crippen LogP contribution in [0, 0.1) is 0 Å². The van der Waals surface area contributed by atoms with E-state index < -0.39 is 0 Å². The highest BCUT2D eigenvalue weighted by atomic mass is 16.2. The van der Waals surface area contributed by atoms with Crippen molar-refractivity contribution in [1.82, 2.24) is 10.4 Å². The van der Waals surface area contributed by atoms with Gasteiger partial charge >= 0.3 is 0 Å². The molecule has 0 radical (unpaired) electrons. The minimum absolute atomic E-state index is 0.0591. The van der Waals surface area contributed by atoms with E-state index in [1.165, 1.54) is 6.08 Å². The number of nitrogens with zero attached hydrogens (tertiary/aromatic N) is 1. The summed E-state index contributed by atoms with van der Waals surface area (Å²) in [5.74, 6) is -0.0591. The van der Waals surface area contributed by atoms with Crippen molar-refractivity contribution in [3.05, 3.63) is 12.2 Å². The molecule has 0 aliphatic carbocycles. The zero-order valence-corrected chi connectivity index (χ0v) is 7.42. The number of rotatable bonds is 4. The maximum atomic E-state index is 10.9. The van der Waals surface area contributed by atoms with Crippen LogP contribution in [0.2, 0.25) is 0 Å². The van der Waals surface area contributed by atoms with Gasteiger partial charge in [0.15, 0.2) is 0 Å². The van der Waals surface area contributed by atoms with Crippen molar-refractivity contribution >= 4 is 5.91 Å². The molecule has 3 heteroatoms. The monoisotopic (exact) mass is 156 g/mol. The number of allylic oxidation sites excluding steroid dienone is 1. The smallest absolute Gasteiger partial charge is 0.257 e. The minimum Gasteiger partial charge on any atom is -0.285 e. The van der Waals surface area contributed by atoms with Gasteiger partial charge in [-0.2, -0.15) is 0 Å².